The van der Waals surface area contributed by atoms with E-state index in [4.69, 9.17) is 9.72 Å². The van der Waals surface area contributed by atoms with Crippen LogP contribution in [0, 0.1) is 0 Å². The van der Waals surface area contributed by atoms with Gasteiger partial charge in [-0.05, 0) is 60.4 Å². The SMILES string of the molecule is O=C(Nc1ccnc(N2CCOCC2)c1)Nc1ccc2nc(NC3CCc4ccccc43)ccc2c1. The number of urea groups is 1. The highest BCUT2D eigenvalue weighted by Crippen LogP contribution is 2.33. The van der Waals surface area contributed by atoms with Gasteiger partial charge < -0.3 is 25.6 Å². The first-order chi connectivity index (χ1) is 17.7. The van der Waals surface area contributed by atoms with Crippen molar-refractivity contribution >= 4 is 39.9 Å². The number of aromatic nitrogens is 2. The maximum atomic E-state index is 12.7. The van der Waals surface area contributed by atoms with Gasteiger partial charge in [-0.3, -0.25) is 0 Å². The Hall–Kier alpha value is -4.17. The third-order valence-electron chi connectivity index (χ3n) is 6.74. The molecule has 36 heavy (non-hydrogen) atoms. The lowest BCUT2D eigenvalue weighted by atomic mass is 10.1. The molecule has 1 aliphatic heterocycles. The van der Waals surface area contributed by atoms with E-state index >= 15 is 0 Å². The highest BCUT2D eigenvalue weighted by atomic mass is 16.5. The molecule has 2 amide bonds. The normalized spacial score (nSPS) is 17.0. The second-order valence-corrected chi connectivity index (χ2v) is 9.12. The van der Waals surface area contributed by atoms with Crippen molar-refractivity contribution < 1.29 is 9.53 Å². The van der Waals surface area contributed by atoms with Crippen LogP contribution in [0.4, 0.5) is 27.8 Å². The topological polar surface area (TPSA) is 91.4 Å². The number of hydrogen-bond donors (Lipinski definition) is 3. The number of carbonyl (C=O) groups is 1. The van der Waals surface area contributed by atoms with Gasteiger partial charge in [-0.25, -0.2) is 14.8 Å². The van der Waals surface area contributed by atoms with Crippen LogP contribution in [0.15, 0.2) is 72.9 Å². The van der Waals surface area contributed by atoms with Crippen LogP contribution in [0.1, 0.15) is 23.6 Å². The number of aryl methyl sites for hydroxylation is 1. The second-order valence-electron chi connectivity index (χ2n) is 9.12. The van der Waals surface area contributed by atoms with Gasteiger partial charge in [-0.15, -0.1) is 0 Å². The third-order valence-corrected chi connectivity index (χ3v) is 6.74. The summed E-state index contributed by atoms with van der Waals surface area (Å²) in [6, 6.07) is 22.0. The molecule has 0 saturated carbocycles. The number of rotatable bonds is 5. The molecule has 182 valence electrons. The van der Waals surface area contributed by atoms with Crippen LogP contribution in [-0.4, -0.2) is 42.3 Å². The summed E-state index contributed by atoms with van der Waals surface area (Å²) in [6.45, 7) is 2.95. The summed E-state index contributed by atoms with van der Waals surface area (Å²) in [6.07, 6.45) is 3.87. The van der Waals surface area contributed by atoms with Gasteiger partial charge in [0.1, 0.15) is 11.6 Å². The first kappa shape index (κ1) is 22.3. The van der Waals surface area contributed by atoms with E-state index in [1.807, 2.05) is 36.4 Å². The van der Waals surface area contributed by atoms with Gasteiger partial charge in [-0.1, -0.05) is 24.3 Å². The quantitative estimate of drug-likeness (QED) is 0.363. The van der Waals surface area contributed by atoms with Crippen molar-refractivity contribution in [1.82, 2.24) is 9.97 Å². The summed E-state index contributed by atoms with van der Waals surface area (Å²) < 4.78 is 5.40. The first-order valence-electron chi connectivity index (χ1n) is 12.3. The van der Waals surface area contributed by atoms with Crippen LogP contribution in [0.2, 0.25) is 0 Å². The molecule has 0 radical (unpaired) electrons. The van der Waals surface area contributed by atoms with Gasteiger partial charge in [0.25, 0.3) is 0 Å². The number of nitrogens with one attached hydrogen (secondary N) is 3. The summed E-state index contributed by atoms with van der Waals surface area (Å²) in [5.74, 6) is 1.69. The fourth-order valence-corrected chi connectivity index (χ4v) is 4.92. The molecule has 2 aromatic carbocycles. The van der Waals surface area contributed by atoms with Crippen LogP contribution in [-0.2, 0) is 11.2 Å². The molecular formula is C28H28N6O2. The molecule has 1 atom stereocenters. The molecule has 2 aliphatic rings. The van der Waals surface area contributed by atoms with Gasteiger partial charge in [0.2, 0.25) is 0 Å². The number of fused-ring (bicyclic) bond motifs is 2. The highest BCUT2D eigenvalue weighted by Gasteiger charge is 2.22. The Kier molecular flexibility index (Phi) is 6.09. The number of benzene rings is 2. The van der Waals surface area contributed by atoms with E-state index in [9.17, 15) is 4.79 Å². The lowest BCUT2D eigenvalue weighted by Gasteiger charge is -2.28. The molecule has 3 heterocycles. The Morgan fingerprint density at radius 1 is 0.944 bits per heavy atom. The molecule has 8 nitrogen and oxygen atoms in total. The maximum absolute atomic E-state index is 12.7. The number of nitrogens with zero attached hydrogens (tertiary/aromatic N) is 3. The van der Waals surface area contributed by atoms with Crippen molar-refractivity contribution in [3.05, 3.63) is 84.1 Å². The number of hydrogen-bond acceptors (Lipinski definition) is 6. The van der Waals surface area contributed by atoms with Gasteiger partial charge >= 0.3 is 6.03 Å². The zero-order chi connectivity index (χ0) is 24.3. The molecular weight excluding hydrogens is 452 g/mol. The predicted molar refractivity (Wildman–Crippen MR) is 143 cm³/mol. The number of carbonyl (C=O) groups excluding carboxylic acids is 1. The van der Waals surface area contributed by atoms with Gasteiger partial charge in [-0.2, -0.15) is 0 Å². The Bertz CT molecular complexity index is 1400. The summed E-state index contributed by atoms with van der Waals surface area (Å²) >= 11 is 0. The average molecular weight is 481 g/mol. The molecule has 6 rings (SSSR count). The van der Waals surface area contributed by atoms with Gasteiger partial charge in [0, 0.05) is 42.1 Å². The molecule has 8 heteroatoms. The zero-order valence-corrected chi connectivity index (χ0v) is 19.9. The predicted octanol–water partition coefficient (Wildman–Crippen LogP) is 5.21. The van der Waals surface area contributed by atoms with Crippen molar-refractivity contribution in [3.8, 4) is 0 Å². The van der Waals surface area contributed by atoms with Crippen molar-refractivity contribution in [1.29, 1.82) is 0 Å². The lowest BCUT2D eigenvalue weighted by Crippen LogP contribution is -2.36. The molecule has 3 N–H and O–H groups in total. The van der Waals surface area contributed by atoms with Crippen molar-refractivity contribution in [2.45, 2.75) is 18.9 Å². The van der Waals surface area contributed by atoms with Crippen molar-refractivity contribution in [2.75, 3.05) is 47.2 Å². The van der Waals surface area contributed by atoms with Gasteiger partial charge in [0.05, 0.1) is 24.8 Å². The van der Waals surface area contributed by atoms with Gasteiger partial charge in [0.15, 0.2) is 0 Å². The Morgan fingerprint density at radius 3 is 2.67 bits per heavy atom. The minimum atomic E-state index is -0.306. The molecule has 1 unspecified atom stereocenters. The molecule has 2 aromatic heterocycles. The standard InChI is InChI=1S/C28H28N6O2/c35-28(31-22-11-12-29-27(18-22)34-13-15-36-16-14-34)30-21-7-9-24-20(17-21)6-10-26(32-24)33-25-8-5-19-3-1-2-4-23(19)25/h1-4,6-7,9-12,17-18,25H,5,8,13-16H2,(H,32,33)(H2,29,30,31,35). The summed E-state index contributed by atoms with van der Waals surface area (Å²) in [4.78, 5) is 24.0. The number of pyridine rings is 2. The van der Waals surface area contributed by atoms with E-state index in [2.05, 4.69) is 50.1 Å². The third kappa shape index (κ3) is 4.81. The van der Waals surface area contributed by atoms with E-state index in [1.165, 1.54) is 11.1 Å². The summed E-state index contributed by atoms with van der Waals surface area (Å²) in [7, 11) is 0. The largest absolute Gasteiger partial charge is 0.378 e. The van der Waals surface area contributed by atoms with Crippen LogP contribution in [0.3, 0.4) is 0 Å². The first-order valence-corrected chi connectivity index (χ1v) is 12.3. The molecule has 1 fully saturated rings. The Labute approximate surface area is 209 Å². The van der Waals surface area contributed by atoms with Crippen LogP contribution < -0.4 is 20.9 Å². The van der Waals surface area contributed by atoms with Crippen LogP contribution in [0.25, 0.3) is 10.9 Å². The van der Waals surface area contributed by atoms with E-state index in [0.29, 0.717) is 24.6 Å². The highest BCUT2D eigenvalue weighted by molar-refractivity contribution is 6.01. The fraction of sp³-hybridized carbons (Fsp3) is 0.250. The average Bonchev–Trinajstić information content (AvgIpc) is 3.32. The lowest BCUT2D eigenvalue weighted by molar-refractivity contribution is 0.122. The number of ether oxygens (including phenoxy) is 1. The maximum Gasteiger partial charge on any atom is 0.323 e. The second kappa shape index (κ2) is 9.83. The van der Waals surface area contributed by atoms with E-state index in [1.54, 1.807) is 12.3 Å². The minimum absolute atomic E-state index is 0.285. The smallest absolute Gasteiger partial charge is 0.323 e. The van der Waals surface area contributed by atoms with E-state index < -0.39 is 0 Å². The molecule has 4 aromatic rings. The number of anilines is 4. The Balaban J connectivity index is 1.11. The summed E-state index contributed by atoms with van der Waals surface area (Å²) in [5.41, 5.74) is 5.04. The number of amides is 2. The Morgan fingerprint density at radius 2 is 1.78 bits per heavy atom. The van der Waals surface area contributed by atoms with Crippen LogP contribution >= 0.6 is 0 Å². The molecule has 0 spiro atoms. The molecule has 1 saturated heterocycles. The van der Waals surface area contributed by atoms with Crippen molar-refractivity contribution in [3.63, 3.8) is 0 Å². The summed E-state index contributed by atoms with van der Waals surface area (Å²) in [5, 5.41) is 10.4. The molecule has 1 aliphatic carbocycles. The van der Waals surface area contributed by atoms with E-state index in [0.717, 1.165) is 48.5 Å². The minimum Gasteiger partial charge on any atom is -0.378 e. The monoisotopic (exact) mass is 480 g/mol. The fourth-order valence-electron chi connectivity index (χ4n) is 4.92. The zero-order valence-electron chi connectivity index (χ0n) is 19.9. The van der Waals surface area contributed by atoms with Crippen molar-refractivity contribution in [2.24, 2.45) is 0 Å². The van der Waals surface area contributed by atoms with Crippen LogP contribution in [0.5, 0.6) is 0 Å². The molecule has 0 bridgehead atoms. The van der Waals surface area contributed by atoms with E-state index in [-0.39, 0.29) is 12.1 Å². The number of morpholine rings is 1.